The fraction of sp³-hybridized carbons (Fsp3) is 0.571. The van der Waals surface area contributed by atoms with Crippen LogP contribution in [0.2, 0.25) is 0 Å². The number of carbonyl (C=O) groups is 1. The molecular weight excluding hydrogens is 242 g/mol. The molecule has 0 spiro atoms. The molecule has 2 aliphatic rings. The summed E-state index contributed by atoms with van der Waals surface area (Å²) >= 11 is 0. The molecule has 1 amide bonds. The number of amides is 1. The van der Waals surface area contributed by atoms with E-state index in [-0.39, 0.29) is 24.1 Å². The SMILES string of the molecule is CNc1ccc(C(=O)N2C3CCC2CC(O)C3)cn1. The zero-order chi connectivity index (χ0) is 13.4. The Morgan fingerprint density at radius 1 is 1.37 bits per heavy atom. The number of hydrogen-bond acceptors (Lipinski definition) is 4. The molecule has 1 aromatic heterocycles. The Hall–Kier alpha value is -1.62. The normalized spacial score (nSPS) is 29.4. The second-order valence-electron chi connectivity index (χ2n) is 5.40. The van der Waals surface area contributed by atoms with Crippen molar-refractivity contribution in [3.63, 3.8) is 0 Å². The van der Waals surface area contributed by atoms with Crippen molar-refractivity contribution < 1.29 is 9.90 Å². The second-order valence-corrected chi connectivity index (χ2v) is 5.40. The van der Waals surface area contributed by atoms with Crippen LogP contribution in [0.25, 0.3) is 0 Å². The Kier molecular flexibility index (Phi) is 3.14. The monoisotopic (exact) mass is 261 g/mol. The van der Waals surface area contributed by atoms with Gasteiger partial charge in [0, 0.05) is 25.3 Å². The van der Waals surface area contributed by atoms with Crippen molar-refractivity contribution >= 4 is 11.7 Å². The number of pyridine rings is 1. The number of carbonyl (C=O) groups excluding carboxylic acids is 1. The van der Waals surface area contributed by atoms with E-state index in [1.165, 1.54) is 0 Å². The second kappa shape index (κ2) is 4.81. The zero-order valence-electron chi connectivity index (χ0n) is 11.0. The predicted molar refractivity (Wildman–Crippen MR) is 72.0 cm³/mol. The van der Waals surface area contributed by atoms with E-state index in [0.717, 1.165) is 18.7 Å². The van der Waals surface area contributed by atoms with E-state index in [4.69, 9.17) is 0 Å². The first-order valence-corrected chi connectivity index (χ1v) is 6.83. The van der Waals surface area contributed by atoms with Gasteiger partial charge in [-0.15, -0.1) is 0 Å². The van der Waals surface area contributed by atoms with Crippen LogP contribution in [0, 0.1) is 0 Å². The largest absolute Gasteiger partial charge is 0.393 e. The van der Waals surface area contributed by atoms with Crippen LogP contribution in [0.1, 0.15) is 36.0 Å². The molecule has 2 unspecified atom stereocenters. The van der Waals surface area contributed by atoms with Gasteiger partial charge in [0.15, 0.2) is 0 Å². The first kappa shape index (κ1) is 12.4. The quantitative estimate of drug-likeness (QED) is 0.841. The molecule has 5 nitrogen and oxygen atoms in total. The number of aromatic nitrogens is 1. The van der Waals surface area contributed by atoms with Crippen LogP contribution in [0.15, 0.2) is 18.3 Å². The minimum atomic E-state index is -0.244. The third-order valence-electron chi connectivity index (χ3n) is 4.21. The van der Waals surface area contributed by atoms with Crippen molar-refractivity contribution in [2.45, 2.75) is 43.9 Å². The number of aliphatic hydroxyl groups excluding tert-OH is 1. The van der Waals surface area contributed by atoms with Crippen LogP contribution in [0.3, 0.4) is 0 Å². The number of aliphatic hydroxyl groups is 1. The molecule has 2 fully saturated rings. The Morgan fingerprint density at radius 2 is 2.05 bits per heavy atom. The van der Waals surface area contributed by atoms with Gasteiger partial charge in [0.1, 0.15) is 5.82 Å². The number of nitrogens with zero attached hydrogens (tertiary/aromatic N) is 2. The average molecular weight is 261 g/mol. The van der Waals surface area contributed by atoms with E-state index in [9.17, 15) is 9.90 Å². The lowest BCUT2D eigenvalue weighted by atomic mass is 9.99. The number of fused-ring (bicyclic) bond motifs is 2. The molecule has 2 bridgehead atoms. The summed E-state index contributed by atoms with van der Waals surface area (Å²) in [6.45, 7) is 0. The molecular formula is C14H19N3O2. The maximum Gasteiger partial charge on any atom is 0.255 e. The summed E-state index contributed by atoms with van der Waals surface area (Å²) in [4.78, 5) is 18.7. The van der Waals surface area contributed by atoms with Crippen LogP contribution in [-0.4, -0.2) is 46.1 Å². The summed E-state index contributed by atoms with van der Waals surface area (Å²) in [5.41, 5.74) is 0.632. The first-order valence-electron chi connectivity index (χ1n) is 6.83. The molecule has 3 rings (SSSR count). The standard InChI is InChI=1S/C14H19N3O2/c1-15-13-5-2-9(8-16-13)14(19)17-10-3-4-11(17)7-12(18)6-10/h2,5,8,10-12,18H,3-4,6-7H2,1H3,(H,15,16). The van der Waals surface area contributed by atoms with Gasteiger partial charge in [0.05, 0.1) is 11.7 Å². The lowest BCUT2D eigenvalue weighted by molar-refractivity contribution is 0.0286. The number of piperidine rings is 1. The molecule has 0 aromatic carbocycles. The highest BCUT2D eigenvalue weighted by atomic mass is 16.3. The number of nitrogens with one attached hydrogen (secondary N) is 1. The molecule has 3 heterocycles. The summed E-state index contributed by atoms with van der Waals surface area (Å²) in [5.74, 6) is 0.808. The highest BCUT2D eigenvalue weighted by molar-refractivity contribution is 5.94. The van der Waals surface area contributed by atoms with Gasteiger partial charge < -0.3 is 15.3 Å². The van der Waals surface area contributed by atoms with Crippen molar-refractivity contribution in [1.29, 1.82) is 0 Å². The molecule has 0 saturated carbocycles. The van der Waals surface area contributed by atoms with E-state index >= 15 is 0 Å². The highest BCUT2D eigenvalue weighted by Crippen LogP contribution is 2.36. The number of anilines is 1. The molecule has 0 radical (unpaired) electrons. The van der Waals surface area contributed by atoms with Gasteiger partial charge in [0.2, 0.25) is 0 Å². The summed E-state index contributed by atoms with van der Waals surface area (Å²) in [6, 6.07) is 4.02. The van der Waals surface area contributed by atoms with E-state index in [1.807, 2.05) is 17.0 Å². The van der Waals surface area contributed by atoms with Crippen LogP contribution < -0.4 is 5.32 Å². The number of hydrogen-bond donors (Lipinski definition) is 2. The Balaban J connectivity index is 1.80. The van der Waals surface area contributed by atoms with E-state index in [2.05, 4.69) is 10.3 Å². The molecule has 19 heavy (non-hydrogen) atoms. The molecule has 5 heteroatoms. The van der Waals surface area contributed by atoms with Crippen molar-refractivity contribution in [3.8, 4) is 0 Å². The maximum atomic E-state index is 12.6. The van der Waals surface area contributed by atoms with Crippen LogP contribution in [-0.2, 0) is 0 Å². The highest BCUT2D eigenvalue weighted by Gasteiger charge is 2.42. The fourth-order valence-corrected chi connectivity index (χ4v) is 3.30. The Bertz CT molecular complexity index is 460. The first-order chi connectivity index (χ1) is 9.19. The molecule has 0 aliphatic carbocycles. The third kappa shape index (κ3) is 2.18. The van der Waals surface area contributed by atoms with Crippen LogP contribution >= 0.6 is 0 Å². The van der Waals surface area contributed by atoms with Crippen LogP contribution in [0.5, 0.6) is 0 Å². The van der Waals surface area contributed by atoms with Gasteiger partial charge in [0.25, 0.3) is 5.91 Å². The smallest absolute Gasteiger partial charge is 0.255 e. The van der Waals surface area contributed by atoms with Gasteiger partial charge in [-0.2, -0.15) is 0 Å². The summed E-state index contributed by atoms with van der Waals surface area (Å²) < 4.78 is 0. The van der Waals surface area contributed by atoms with E-state index in [1.54, 1.807) is 13.2 Å². The molecule has 2 saturated heterocycles. The minimum absolute atomic E-state index is 0.0505. The van der Waals surface area contributed by atoms with E-state index < -0.39 is 0 Å². The molecule has 2 N–H and O–H groups in total. The lowest BCUT2D eigenvalue weighted by Gasteiger charge is -2.37. The lowest BCUT2D eigenvalue weighted by Crippen LogP contribution is -2.48. The van der Waals surface area contributed by atoms with Gasteiger partial charge in [-0.1, -0.05) is 0 Å². The van der Waals surface area contributed by atoms with Crippen molar-refractivity contribution in [3.05, 3.63) is 23.9 Å². The fourth-order valence-electron chi connectivity index (χ4n) is 3.30. The van der Waals surface area contributed by atoms with Crippen molar-refractivity contribution in [1.82, 2.24) is 9.88 Å². The third-order valence-corrected chi connectivity index (χ3v) is 4.21. The molecule has 2 atom stereocenters. The van der Waals surface area contributed by atoms with Crippen LogP contribution in [0.4, 0.5) is 5.82 Å². The molecule has 1 aromatic rings. The Labute approximate surface area is 112 Å². The summed E-state index contributed by atoms with van der Waals surface area (Å²) in [7, 11) is 1.80. The summed E-state index contributed by atoms with van der Waals surface area (Å²) in [6.07, 6.45) is 4.82. The van der Waals surface area contributed by atoms with Crippen molar-refractivity contribution in [2.75, 3.05) is 12.4 Å². The maximum absolute atomic E-state index is 12.6. The average Bonchev–Trinajstić information content (AvgIpc) is 2.70. The predicted octanol–water partition coefficient (Wildman–Crippen LogP) is 1.25. The number of rotatable bonds is 2. The topological polar surface area (TPSA) is 65.5 Å². The van der Waals surface area contributed by atoms with Gasteiger partial charge >= 0.3 is 0 Å². The van der Waals surface area contributed by atoms with Gasteiger partial charge in [-0.25, -0.2) is 4.98 Å². The van der Waals surface area contributed by atoms with Gasteiger partial charge in [-0.3, -0.25) is 4.79 Å². The van der Waals surface area contributed by atoms with Gasteiger partial charge in [-0.05, 0) is 37.8 Å². The Morgan fingerprint density at radius 3 is 2.58 bits per heavy atom. The molecule has 2 aliphatic heterocycles. The molecule has 102 valence electrons. The zero-order valence-corrected chi connectivity index (χ0v) is 11.0. The summed E-state index contributed by atoms with van der Waals surface area (Å²) in [5, 5.41) is 12.7. The van der Waals surface area contributed by atoms with Crippen molar-refractivity contribution in [2.24, 2.45) is 0 Å². The minimum Gasteiger partial charge on any atom is -0.393 e. The van der Waals surface area contributed by atoms with E-state index in [0.29, 0.717) is 18.4 Å².